The van der Waals surface area contributed by atoms with Gasteiger partial charge in [-0.3, -0.25) is 14.9 Å². The number of carbonyl (C=O) groups is 2. The van der Waals surface area contributed by atoms with Crippen molar-refractivity contribution in [1.29, 1.82) is 0 Å². The highest BCUT2D eigenvalue weighted by Gasteiger charge is 2.21. The number of methoxy groups -OCH3 is 1. The third-order valence-corrected chi connectivity index (χ3v) is 6.05. The maximum Gasteiger partial charge on any atom is 0.315 e. The van der Waals surface area contributed by atoms with Crippen molar-refractivity contribution in [1.82, 2.24) is 10.2 Å². The van der Waals surface area contributed by atoms with E-state index in [0.29, 0.717) is 11.6 Å². The summed E-state index contributed by atoms with van der Waals surface area (Å²) in [5.41, 5.74) is 4.53. The number of ether oxygens (including phenoxy) is 1. The third kappa shape index (κ3) is 5.04. The zero-order valence-corrected chi connectivity index (χ0v) is 17.2. The van der Waals surface area contributed by atoms with Crippen molar-refractivity contribution in [3.05, 3.63) is 28.8 Å². The Hall–Kier alpha value is -1.93. The van der Waals surface area contributed by atoms with Crippen molar-refractivity contribution in [2.24, 2.45) is 0 Å². The van der Waals surface area contributed by atoms with Gasteiger partial charge in [0.2, 0.25) is 11.0 Å². The van der Waals surface area contributed by atoms with Crippen LogP contribution in [0.4, 0.5) is 5.13 Å². The van der Waals surface area contributed by atoms with Crippen LogP contribution in [0.15, 0.2) is 12.1 Å². The molecule has 26 heavy (non-hydrogen) atoms. The number of nitrogens with zero attached hydrogens (tertiary/aromatic N) is 2. The zero-order chi connectivity index (χ0) is 19.3. The number of esters is 1. The number of benzene rings is 1. The molecule has 0 bridgehead atoms. The first-order valence-corrected chi connectivity index (χ1v) is 10.1. The number of nitrogens with one attached hydrogen (secondary N) is 1. The van der Waals surface area contributed by atoms with Gasteiger partial charge in [0.15, 0.2) is 0 Å². The van der Waals surface area contributed by atoms with Crippen molar-refractivity contribution in [2.75, 3.05) is 18.2 Å². The van der Waals surface area contributed by atoms with Gasteiger partial charge in [0, 0.05) is 5.56 Å². The number of anilines is 1. The molecule has 1 unspecified atom stereocenters. The fraction of sp³-hybridized carbons (Fsp3) is 0.444. The second kappa shape index (κ2) is 9.14. The molecule has 6 nitrogen and oxygen atoms in total. The Labute approximate surface area is 161 Å². The molecule has 2 aromatic rings. The van der Waals surface area contributed by atoms with E-state index >= 15 is 0 Å². The lowest BCUT2D eigenvalue weighted by molar-refractivity contribution is -0.137. The SMILES string of the molecule is CCC(SCC(=O)OC)C(=O)Nc1nnc(-c2c(C)cc(C)cc2C)s1. The molecular weight excluding hydrogens is 370 g/mol. The fourth-order valence-corrected chi connectivity index (χ4v) is 4.51. The predicted molar refractivity (Wildman–Crippen MR) is 107 cm³/mol. The fourth-order valence-electron chi connectivity index (χ4n) is 2.68. The number of rotatable bonds is 7. The molecular formula is C18H23N3O3S2. The molecule has 0 radical (unpaired) electrons. The first-order valence-electron chi connectivity index (χ1n) is 8.26. The maximum atomic E-state index is 12.4. The normalized spacial score (nSPS) is 11.9. The highest BCUT2D eigenvalue weighted by Crippen LogP contribution is 2.32. The lowest BCUT2D eigenvalue weighted by Gasteiger charge is -2.12. The van der Waals surface area contributed by atoms with Gasteiger partial charge < -0.3 is 4.74 Å². The van der Waals surface area contributed by atoms with E-state index in [2.05, 4.69) is 39.3 Å². The Bertz CT molecular complexity index is 782. The molecule has 1 aromatic carbocycles. The molecule has 1 atom stereocenters. The molecule has 140 valence electrons. The Morgan fingerprint density at radius 2 is 1.88 bits per heavy atom. The number of thioether (sulfide) groups is 1. The summed E-state index contributed by atoms with van der Waals surface area (Å²) < 4.78 is 4.61. The van der Waals surface area contributed by atoms with Gasteiger partial charge in [-0.2, -0.15) is 0 Å². The van der Waals surface area contributed by atoms with E-state index in [0.717, 1.165) is 21.7 Å². The Morgan fingerprint density at radius 3 is 2.46 bits per heavy atom. The quantitative estimate of drug-likeness (QED) is 0.722. The molecule has 1 N–H and O–H groups in total. The van der Waals surface area contributed by atoms with Crippen LogP contribution >= 0.6 is 23.1 Å². The van der Waals surface area contributed by atoms with Crippen LogP contribution < -0.4 is 5.32 Å². The van der Waals surface area contributed by atoms with E-state index in [4.69, 9.17) is 0 Å². The molecule has 0 aliphatic carbocycles. The summed E-state index contributed by atoms with van der Waals surface area (Å²) in [6.45, 7) is 8.06. The molecule has 0 aliphatic heterocycles. The first kappa shape index (κ1) is 20.4. The smallest absolute Gasteiger partial charge is 0.315 e. The van der Waals surface area contributed by atoms with Gasteiger partial charge >= 0.3 is 5.97 Å². The van der Waals surface area contributed by atoms with Crippen LogP contribution in [0.1, 0.15) is 30.0 Å². The topological polar surface area (TPSA) is 81.2 Å². The molecule has 0 spiro atoms. The largest absolute Gasteiger partial charge is 0.468 e. The van der Waals surface area contributed by atoms with Crippen LogP contribution in [0.3, 0.4) is 0 Å². The molecule has 1 heterocycles. The molecule has 1 aromatic heterocycles. The molecule has 1 amide bonds. The maximum absolute atomic E-state index is 12.4. The number of aromatic nitrogens is 2. The van der Waals surface area contributed by atoms with Crippen molar-refractivity contribution in [3.8, 4) is 10.6 Å². The van der Waals surface area contributed by atoms with Gasteiger partial charge in [0.05, 0.1) is 18.1 Å². The van der Waals surface area contributed by atoms with E-state index in [1.165, 1.54) is 35.8 Å². The van der Waals surface area contributed by atoms with Gasteiger partial charge in [-0.15, -0.1) is 22.0 Å². The molecule has 8 heteroatoms. The first-order chi connectivity index (χ1) is 12.3. The van der Waals surface area contributed by atoms with Gasteiger partial charge in [-0.05, 0) is 38.3 Å². The monoisotopic (exact) mass is 393 g/mol. The van der Waals surface area contributed by atoms with Crippen molar-refractivity contribution < 1.29 is 14.3 Å². The van der Waals surface area contributed by atoms with Crippen LogP contribution in [-0.4, -0.2) is 40.2 Å². The van der Waals surface area contributed by atoms with Crippen molar-refractivity contribution >= 4 is 40.1 Å². The summed E-state index contributed by atoms with van der Waals surface area (Å²) in [6, 6.07) is 4.22. The summed E-state index contributed by atoms with van der Waals surface area (Å²) in [5.74, 6) is -0.378. The van der Waals surface area contributed by atoms with E-state index in [1.807, 2.05) is 20.8 Å². The lowest BCUT2D eigenvalue weighted by Crippen LogP contribution is -2.25. The Kier molecular flexibility index (Phi) is 7.16. The minimum atomic E-state index is -0.343. The minimum absolute atomic E-state index is 0.144. The average Bonchev–Trinajstić information content (AvgIpc) is 3.02. The summed E-state index contributed by atoms with van der Waals surface area (Å²) in [4.78, 5) is 23.7. The van der Waals surface area contributed by atoms with E-state index in [-0.39, 0.29) is 22.9 Å². The number of carbonyl (C=O) groups excluding carboxylic acids is 2. The number of hydrogen-bond acceptors (Lipinski definition) is 7. The van der Waals surface area contributed by atoms with Crippen LogP contribution in [0.5, 0.6) is 0 Å². The number of hydrogen-bond donors (Lipinski definition) is 1. The van der Waals surface area contributed by atoms with Gasteiger partial charge in [0.1, 0.15) is 5.01 Å². The molecule has 0 fully saturated rings. The second-order valence-corrected chi connectivity index (χ2v) is 8.13. The van der Waals surface area contributed by atoms with Crippen LogP contribution in [0.25, 0.3) is 10.6 Å². The molecule has 0 aliphatic rings. The second-order valence-electron chi connectivity index (χ2n) is 5.96. The van der Waals surface area contributed by atoms with Crippen molar-refractivity contribution in [3.63, 3.8) is 0 Å². The average molecular weight is 394 g/mol. The molecule has 2 rings (SSSR count). The number of amides is 1. The van der Waals surface area contributed by atoms with E-state index in [9.17, 15) is 9.59 Å². The highest BCUT2D eigenvalue weighted by atomic mass is 32.2. The summed E-state index contributed by atoms with van der Waals surface area (Å²) in [6.07, 6.45) is 0.606. The zero-order valence-electron chi connectivity index (χ0n) is 15.6. The van der Waals surface area contributed by atoms with Gasteiger partial charge in [0.25, 0.3) is 0 Å². The highest BCUT2D eigenvalue weighted by molar-refractivity contribution is 8.01. The molecule has 0 saturated carbocycles. The third-order valence-electron chi connectivity index (χ3n) is 3.84. The number of aryl methyl sites for hydroxylation is 3. The van der Waals surface area contributed by atoms with E-state index in [1.54, 1.807) is 0 Å². The standard InChI is InChI=1S/C18H23N3O3S2/c1-6-13(25-9-14(22)24-5)16(23)19-18-21-20-17(26-18)15-11(3)7-10(2)8-12(15)4/h7-8,13H,6,9H2,1-5H3,(H,19,21,23). The van der Waals surface area contributed by atoms with Crippen molar-refractivity contribution in [2.45, 2.75) is 39.4 Å². The Morgan fingerprint density at radius 1 is 1.23 bits per heavy atom. The minimum Gasteiger partial charge on any atom is -0.468 e. The Balaban J connectivity index is 2.10. The van der Waals surface area contributed by atoms with E-state index < -0.39 is 0 Å². The summed E-state index contributed by atoms with van der Waals surface area (Å²) in [5, 5.41) is 12.0. The lowest BCUT2D eigenvalue weighted by atomic mass is 10.0. The summed E-state index contributed by atoms with van der Waals surface area (Å²) in [7, 11) is 1.34. The molecule has 0 saturated heterocycles. The predicted octanol–water partition coefficient (Wildman–Crippen LogP) is 3.75. The summed E-state index contributed by atoms with van der Waals surface area (Å²) >= 11 is 2.61. The van der Waals surface area contributed by atoms with Crippen LogP contribution in [0, 0.1) is 20.8 Å². The van der Waals surface area contributed by atoms with Gasteiger partial charge in [-0.25, -0.2) is 0 Å². The van der Waals surface area contributed by atoms with Gasteiger partial charge in [-0.1, -0.05) is 36.0 Å². The van der Waals surface area contributed by atoms with Crippen LogP contribution in [-0.2, 0) is 14.3 Å². The van der Waals surface area contributed by atoms with Crippen LogP contribution in [0.2, 0.25) is 0 Å².